The van der Waals surface area contributed by atoms with E-state index in [0.717, 1.165) is 5.56 Å². The van der Waals surface area contributed by atoms with Crippen LogP contribution >= 0.6 is 11.3 Å². The van der Waals surface area contributed by atoms with E-state index in [1.807, 2.05) is 12.1 Å². The maximum absolute atomic E-state index is 13.3. The summed E-state index contributed by atoms with van der Waals surface area (Å²) in [5, 5.41) is 12.9. The molecule has 0 amide bonds. The molecule has 2 aromatic carbocycles. The van der Waals surface area contributed by atoms with Gasteiger partial charge in [-0.1, -0.05) is 18.2 Å². The van der Waals surface area contributed by atoms with E-state index < -0.39 is 6.10 Å². The van der Waals surface area contributed by atoms with Gasteiger partial charge in [-0.25, -0.2) is 4.39 Å². The zero-order valence-electron chi connectivity index (χ0n) is 11.5. The summed E-state index contributed by atoms with van der Waals surface area (Å²) >= 11 is 1.67. The predicted molar refractivity (Wildman–Crippen MR) is 83.2 cm³/mol. The zero-order chi connectivity index (χ0) is 14.8. The summed E-state index contributed by atoms with van der Waals surface area (Å²) in [7, 11) is 0. The largest absolute Gasteiger partial charge is 0.488 e. The van der Waals surface area contributed by atoms with E-state index in [1.165, 1.54) is 22.2 Å². The first-order valence-corrected chi connectivity index (χ1v) is 7.58. The van der Waals surface area contributed by atoms with Gasteiger partial charge in [0.15, 0.2) is 0 Å². The molecular weight excluding hydrogens is 287 g/mol. The van der Waals surface area contributed by atoms with Crippen molar-refractivity contribution in [3.8, 4) is 5.75 Å². The highest BCUT2D eigenvalue weighted by atomic mass is 32.1. The first-order valence-electron chi connectivity index (χ1n) is 6.70. The minimum Gasteiger partial charge on any atom is -0.488 e. The molecule has 0 saturated heterocycles. The average Bonchev–Trinajstić information content (AvgIpc) is 2.89. The van der Waals surface area contributed by atoms with E-state index >= 15 is 0 Å². The van der Waals surface area contributed by atoms with Gasteiger partial charge < -0.3 is 9.84 Å². The average molecular weight is 302 g/mol. The van der Waals surface area contributed by atoms with E-state index in [-0.39, 0.29) is 5.82 Å². The topological polar surface area (TPSA) is 29.5 Å². The SMILES string of the molecule is CC(O)c1cc(F)ccc1OCc1csc2ccccc12. The molecule has 108 valence electrons. The molecule has 1 heterocycles. The number of rotatable bonds is 4. The van der Waals surface area contributed by atoms with Crippen molar-refractivity contribution in [1.29, 1.82) is 0 Å². The third-order valence-corrected chi connectivity index (χ3v) is 4.38. The summed E-state index contributed by atoms with van der Waals surface area (Å²) in [5.74, 6) is 0.140. The Hall–Kier alpha value is -1.91. The number of thiophene rings is 1. The highest BCUT2D eigenvalue weighted by Gasteiger charge is 2.12. The standard InChI is InChI=1S/C17H15FO2S/c1-11(19)15-8-13(18)6-7-16(15)20-9-12-10-21-17-5-3-2-4-14(12)17/h2-8,10-11,19H,9H2,1H3. The van der Waals surface area contributed by atoms with Crippen molar-refractivity contribution in [2.24, 2.45) is 0 Å². The van der Waals surface area contributed by atoms with Crippen LogP contribution in [0.5, 0.6) is 5.75 Å². The number of fused-ring (bicyclic) bond motifs is 1. The van der Waals surface area contributed by atoms with E-state index in [2.05, 4.69) is 17.5 Å². The molecule has 21 heavy (non-hydrogen) atoms. The van der Waals surface area contributed by atoms with Gasteiger partial charge in [0.1, 0.15) is 18.2 Å². The van der Waals surface area contributed by atoms with Crippen molar-refractivity contribution in [2.75, 3.05) is 0 Å². The molecule has 0 saturated carbocycles. The van der Waals surface area contributed by atoms with Crippen molar-refractivity contribution >= 4 is 21.4 Å². The quantitative estimate of drug-likeness (QED) is 0.758. The molecule has 1 unspecified atom stereocenters. The molecule has 3 aromatic rings. The van der Waals surface area contributed by atoms with Gasteiger partial charge in [0, 0.05) is 15.8 Å². The molecule has 0 aliphatic rings. The maximum atomic E-state index is 13.3. The number of aliphatic hydroxyl groups is 1. The summed E-state index contributed by atoms with van der Waals surface area (Å²) in [6.45, 7) is 2.00. The smallest absolute Gasteiger partial charge is 0.125 e. The van der Waals surface area contributed by atoms with Crippen molar-refractivity contribution in [3.05, 3.63) is 64.8 Å². The Bertz CT molecular complexity index is 764. The summed E-state index contributed by atoms with van der Waals surface area (Å²) in [4.78, 5) is 0. The molecule has 4 heteroatoms. The Morgan fingerprint density at radius 3 is 2.86 bits per heavy atom. The van der Waals surface area contributed by atoms with Gasteiger partial charge >= 0.3 is 0 Å². The minimum absolute atomic E-state index is 0.376. The molecule has 0 spiro atoms. The summed E-state index contributed by atoms with van der Waals surface area (Å²) < 4.78 is 20.3. The van der Waals surface area contributed by atoms with E-state index in [9.17, 15) is 9.50 Å². The van der Waals surface area contributed by atoms with Crippen molar-refractivity contribution in [2.45, 2.75) is 19.6 Å². The van der Waals surface area contributed by atoms with Crippen LogP contribution in [0.25, 0.3) is 10.1 Å². The third kappa shape index (κ3) is 2.91. The Morgan fingerprint density at radius 2 is 2.05 bits per heavy atom. The molecule has 0 aliphatic heterocycles. The van der Waals surface area contributed by atoms with Gasteiger partial charge in [-0.15, -0.1) is 11.3 Å². The molecule has 0 aliphatic carbocycles. The van der Waals surface area contributed by atoms with Gasteiger partial charge in [-0.3, -0.25) is 0 Å². The van der Waals surface area contributed by atoms with Gasteiger partial charge in [0.05, 0.1) is 6.10 Å². The number of benzene rings is 2. The van der Waals surface area contributed by atoms with Gasteiger partial charge in [-0.2, -0.15) is 0 Å². The fraction of sp³-hybridized carbons (Fsp3) is 0.176. The van der Waals surface area contributed by atoms with Crippen LogP contribution in [0.15, 0.2) is 47.8 Å². The van der Waals surface area contributed by atoms with Crippen LogP contribution in [0.1, 0.15) is 24.2 Å². The zero-order valence-corrected chi connectivity index (χ0v) is 12.4. The highest BCUT2D eigenvalue weighted by Crippen LogP contribution is 2.29. The monoisotopic (exact) mass is 302 g/mol. The second-order valence-electron chi connectivity index (χ2n) is 4.90. The van der Waals surface area contributed by atoms with Crippen LogP contribution in [0.2, 0.25) is 0 Å². The van der Waals surface area contributed by atoms with Crippen LogP contribution in [0, 0.1) is 5.82 Å². The molecule has 3 rings (SSSR count). The summed E-state index contributed by atoms with van der Waals surface area (Å²) in [6.07, 6.45) is -0.769. The van der Waals surface area contributed by atoms with Crippen molar-refractivity contribution < 1.29 is 14.2 Å². The molecular formula is C17H15FO2S. The molecule has 1 N–H and O–H groups in total. The molecule has 0 radical (unpaired) electrons. The molecule has 1 atom stereocenters. The van der Waals surface area contributed by atoms with Crippen LogP contribution in [0.3, 0.4) is 0 Å². The van der Waals surface area contributed by atoms with Crippen molar-refractivity contribution in [1.82, 2.24) is 0 Å². The fourth-order valence-electron chi connectivity index (χ4n) is 2.28. The number of hydrogen-bond acceptors (Lipinski definition) is 3. The summed E-state index contributed by atoms with van der Waals surface area (Å²) in [5.41, 5.74) is 1.56. The van der Waals surface area contributed by atoms with Gasteiger partial charge in [0.25, 0.3) is 0 Å². The number of aliphatic hydroxyl groups excluding tert-OH is 1. The van der Waals surface area contributed by atoms with E-state index in [1.54, 1.807) is 24.3 Å². The normalized spacial score (nSPS) is 12.5. The Labute approximate surface area is 126 Å². The van der Waals surface area contributed by atoms with Crippen molar-refractivity contribution in [3.63, 3.8) is 0 Å². The predicted octanol–water partition coefficient (Wildman–Crippen LogP) is 4.67. The van der Waals surface area contributed by atoms with Crippen LogP contribution in [0.4, 0.5) is 4.39 Å². The van der Waals surface area contributed by atoms with E-state index in [4.69, 9.17) is 4.74 Å². The second-order valence-corrected chi connectivity index (χ2v) is 5.82. The lowest BCUT2D eigenvalue weighted by atomic mass is 10.1. The summed E-state index contributed by atoms with van der Waals surface area (Å²) in [6, 6.07) is 12.4. The first-order chi connectivity index (χ1) is 10.1. The lowest BCUT2D eigenvalue weighted by molar-refractivity contribution is 0.189. The number of halogens is 1. The fourth-order valence-corrected chi connectivity index (χ4v) is 3.22. The van der Waals surface area contributed by atoms with Crippen LogP contribution in [-0.4, -0.2) is 5.11 Å². The highest BCUT2D eigenvalue weighted by molar-refractivity contribution is 7.17. The number of ether oxygens (including phenoxy) is 1. The van der Waals surface area contributed by atoms with Crippen LogP contribution < -0.4 is 4.74 Å². The lowest BCUT2D eigenvalue weighted by Crippen LogP contribution is -2.01. The maximum Gasteiger partial charge on any atom is 0.125 e. The third-order valence-electron chi connectivity index (χ3n) is 3.37. The van der Waals surface area contributed by atoms with Gasteiger partial charge in [-0.05, 0) is 42.0 Å². The Balaban J connectivity index is 1.85. The molecule has 2 nitrogen and oxygen atoms in total. The Morgan fingerprint density at radius 1 is 1.24 bits per heavy atom. The Kier molecular flexibility index (Phi) is 3.90. The molecule has 0 fully saturated rings. The van der Waals surface area contributed by atoms with Gasteiger partial charge in [0.2, 0.25) is 0 Å². The van der Waals surface area contributed by atoms with E-state index in [0.29, 0.717) is 17.9 Å². The number of hydrogen-bond donors (Lipinski definition) is 1. The minimum atomic E-state index is -0.769. The van der Waals surface area contributed by atoms with Crippen LogP contribution in [-0.2, 0) is 6.61 Å². The second kappa shape index (κ2) is 5.84. The lowest BCUT2D eigenvalue weighted by Gasteiger charge is -2.13. The molecule has 1 aromatic heterocycles. The first kappa shape index (κ1) is 14.0. The molecule has 0 bridgehead atoms.